The van der Waals surface area contributed by atoms with Crippen LogP contribution >= 0.6 is 22.9 Å². The van der Waals surface area contributed by atoms with Crippen LogP contribution in [0.2, 0.25) is 5.02 Å². The smallest absolute Gasteiger partial charge is 0.0794 e. The standard InChI is InChI=1S/C11H11ClN2S/c12-9-3-1-2-8(4-9)5-10(13)11-6-14-7-15-11/h1-4,6-7,10H,5,13H2. The zero-order valence-electron chi connectivity index (χ0n) is 8.06. The largest absolute Gasteiger partial charge is 0.323 e. The molecule has 78 valence electrons. The van der Waals surface area contributed by atoms with Crippen molar-refractivity contribution < 1.29 is 0 Å². The van der Waals surface area contributed by atoms with Gasteiger partial charge in [-0.1, -0.05) is 23.7 Å². The Morgan fingerprint density at radius 3 is 3.00 bits per heavy atom. The van der Waals surface area contributed by atoms with E-state index in [2.05, 4.69) is 4.98 Å². The summed E-state index contributed by atoms with van der Waals surface area (Å²) < 4.78 is 0. The second kappa shape index (κ2) is 4.75. The first-order chi connectivity index (χ1) is 7.25. The number of hydrogen-bond donors (Lipinski definition) is 1. The van der Waals surface area contributed by atoms with Crippen molar-refractivity contribution in [3.05, 3.63) is 51.4 Å². The molecule has 1 aromatic heterocycles. The molecule has 1 heterocycles. The molecular formula is C11H11ClN2S. The highest BCUT2D eigenvalue weighted by Crippen LogP contribution is 2.20. The lowest BCUT2D eigenvalue weighted by Crippen LogP contribution is -2.11. The summed E-state index contributed by atoms with van der Waals surface area (Å²) in [4.78, 5) is 5.12. The minimum absolute atomic E-state index is 0.0102. The fraction of sp³-hybridized carbons (Fsp3) is 0.182. The summed E-state index contributed by atoms with van der Waals surface area (Å²) in [5.41, 5.74) is 9.00. The number of halogens is 1. The molecule has 0 aliphatic rings. The molecule has 1 atom stereocenters. The van der Waals surface area contributed by atoms with Crippen LogP contribution in [-0.2, 0) is 6.42 Å². The van der Waals surface area contributed by atoms with E-state index in [-0.39, 0.29) is 6.04 Å². The number of benzene rings is 1. The quantitative estimate of drug-likeness (QED) is 0.893. The summed E-state index contributed by atoms with van der Waals surface area (Å²) in [5.74, 6) is 0. The first kappa shape index (κ1) is 10.6. The number of thiazole rings is 1. The molecule has 0 saturated heterocycles. The molecule has 1 aromatic carbocycles. The normalized spacial score (nSPS) is 12.7. The molecule has 0 fully saturated rings. The number of nitrogens with zero attached hydrogens (tertiary/aromatic N) is 1. The molecule has 2 rings (SSSR count). The van der Waals surface area contributed by atoms with Gasteiger partial charge in [-0.2, -0.15) is 0 Å². The Hall–Kier alpha value is -0.900. The van der Waals surface area contributed by atoms with Crippen molar-refractivity contribution in [1.29, 1.82) is 0 Å². The van der Waals surface area contributed by atoms with Crippen molar-refractivity contribution in [1.82, 2.24) is 4.98 Å². The minimum atomic E-state index is 0.0102. The molecule has 4 heteroatoms. The topological polar surface area (TPSA) is 38.9 Å². The van der Waals surface area contributed by atoms with Crippen molar-refractivity contribution in [3.63, 3.8) is 0 Å². The zero-order chi connectivity index (χ0) is 10.7. The number of hydrogen-bond acceptors (Lipinski definition) is 3. The summed E-state index contributed by atoms with van der Waals surface area (Å²) in [6.07, 6.45) is 2.61. The first-order valence-electron chi connectivity index (χ1n) is 4.64. The van der Waals surface area contributed by atoms with Gasteiger partial charge in [0.05, 0.1) is 5.51 Å². The van der Waals surface area contributed by atoms with Crippen LogP contribution in [-0.4, -0.2) is 4.98 Å². The van der Waals surface area contributed by atoms with Gasteiger partial charge in [-0.15, -0.1) is 11.3 Å². The monoisotopic (exact) mass is 238 g/mol. The number of aromatic nitrogens is 1. The maximum atomic E-state index is 6.05. The van der Waals surface area contributed by atoms with E-state index in [9.17, 15) is 0 Å². The summed E-state index contributed by atoms with van der Waals surface area (Å²) in [5, 5.41) is 0.754. The van der Waals surface area contributed by atoms with Gasteiger partial charge in [0.25, 0.3) is 0 Å². The summed E-state index contributed by atoms with van der Waals surface area (Å²) >= 11 is 7.49. The molecule has 15 heavy (non-hydrogen) atoms. The van der Waals surface area contributed by atoms with Gasteiger partial charge in [-0.25, -0.2) is 0 Å². The van der Waals surface area contributed by atoms with Gasteiger partial charge in [0.2, 0.25) is 0 Å². The lowest BCUT2D eigenvalue weighted by molar-refractivity contribution is 0.734. The fourth-order valence-corrected chi connectivity index (χ4v) is 2.26. The number of rotatable bonds is 3. The summed E-state index contributed by atoms with van der Waals surface area (Å²) in [6.45, 7) is 0. The van der Waals surface area contributed by atoms with Crippen LogP contribution in [0.4, 0.5) is 0 Å². The maximum Gasteiger partial charge on any atom is 0.0794 e. The van der Waals surface area contributed by atoms with Crippen LogP contribution in [0.5, 0.6) is 0 Å². The molecule has 0 aliphatic heterocycles. The number of nitrogens with two attached hydrogens (primary N) is 1. The average molecular weight is 239 g/mol. The average Bonchev–Trinajstić information content (AvgIpc) is 2.70. The van der Waals surface area contributed by atoms with Gasteiger partial charge in [-0.3, -0.25) is 4.98 Å². The highest BCUT2D eigenvalue weighted by atomic mass is 35.5. The molecule has 2 N–H and O–H groups in total. The molecule has 0 aliphatic carbocycles. The zero-order valence-corrected chi connectivity index (χ0v) is 9.63. The van der Waals surface area contributed by atoms with Gasteiger partial charge in [0.1, 0.15) is 0 Å². The van der Waals surface area contributed by atoms with E-state index in [0.717, 1.165) is 21.9 Å². The van der Waals surface area contributed by atoms with Crippen LogP contribution in [0, 0.1) is 0 Å². The minimum Gasteiger partial charge on any atom is -0.323 e. The molecule has 2 nitrogen and oxygen atoms in total. The van der Waals surface area contributed by atoms with Crippen LogP contribution in [0.25, 0.3) is 0 Å². The Bertz CT molecular complexity index is 428. The van der Waals surface area contributed by atoms with E-state index in [4.69, 9.17) is 17.3 Å². The van der Waals surface area contributed by atoms with E-state index < -0.39 is 0 Å². The third kappa shape index (κ3) is 2.78. The van der Waals surface area contributed by atoms with E-state index in [0.29, 0.717) is 0 Å². The summed E-state index contributed by atoms with van der Waals surface area (Å²) in [6, 6.07) is 7.80. The van der Waals surface area contributed by atoms with Crippen LogP contribution < -0.4 is 5.73 Å². The van der Waals surface area contributed by atoms with Crippen molar-refractivity contribution in [2.75, 3.05) is 0 Å². The second-order valence-electron chi connectivity index (χ2n) is 3.34. The Morgan fingerprint density at radius 1 is 1.47 bits per heavy atom. The van der Waals surface area contributed by atoms with Crippen LogP contribution in [0.3, 0.4) is 0 Å². The molecule has 0 radical (unpaired) electrons. The molecule has 0 saturated carbocycles. The predicted molar refractivity (Wildman–Crippen MR) is 64.2 cm³/mol. The van der Waals surface area contributed by atoms with Gasteiger partial charge < -0.3 is 5.73 Å². The van der Waals surface area contributed by atoms with Crippen LogP contribution in [0.1, 0.15) is 16.5 Å². The van der Waals surface area contributed by atoms with Crippen molar-refractivity contribution >= 4 is 22.9 Å². The van der Waals surface area contributed by atoms with Gasteiger partial charge in [-0.05, 0) is 24.1 Å². The highest BCUT2D eigenvalue weighted by Gasteiger charge is 2.08. The van der Waals surface area contributed by atoms with E-state index in [1.165, 1.54) is 0 Å². The second-order valence-corrected chi connectivity index (χ2v) is 4.70. The third-order valence-corrected chi connectivity index (χ3v) is 3.30. The molecule has 0 spiro atoms. The van der Waals surface area contributed by atoms with Crippen molar-refractivity contribution in [3.8, 4) is 0 Å². The van der Waals surface area contributed by atoms with Gasteiger partial charge in [0.15, 0.2) is 0 Å². The first-order valence-corrected chi connectivity index (χ1v) is 5.90. The Morgan fingerprint density at radius 2 is 2.33 bits per heavy atom. The SMILES string of the molecule is NC(Cc1cccc(Cl)c1)c1cncs1. The molecule has 2 aromatic rings. The molecule has 0 bridgehead atoms. The molecule has 0 amide bonds. The van der Waals surface area contributed by atoms with E-state index >= 15 is 0 Å². The predicted octanol–water partition coefficient (Wildman–Crippen LogP) is 3.04. The van der Waals surface area contributed by atoms with Gasteiger partial charge in [0, 0.05) is 22.1 Å². The van der Waals surface area contributed by atoms with Crippen LogP contribution in [0.15, 0.2) is 36.0 Å². The van der Waals surface area contributed by atoms with E-state index in [1.54, 1.807) is 16.8 Å². The van der Waals surface area contributed by atoms with Crippen molar-refractivity contribution in [2.24, 2.45) is 5.73 Å². The Balaban J connectivity index is 2.09. The van der Waals surface area contributed by atoms with Gasteiger partial charge >= 0.3 is 0 Å². The lowest BCUT2D eigenvalue weighted by Gasteiger charge is -2.08. The van der Waals surface area contributed by atoms with E-state index in [1.807, 2.05) is 30.5 Å². The molecular weight excluding hydrogens is 228 g/mol. The Kier molecular flexibility index (Phi) is 3.36. The summed E-state index contributed by atoms with van der Waals surface area (Å²) in [7, 11) is 0. The highest BCUT2D eigenvalue weighted by molar-refractivity contribution is 7.09. The van der Waals surface area contributed by atoms with Crippen molar-refractivity contribution in [2.45, 2.75) is 12.5 Å². The maximum absolute atomic E-state index is 6.05. The third-order valence-electron chi connectivity index (χ3n) is 2.16. The Labute approximate surface area is 97.7 Å². The molecule has 1 unspecified atom stereocenters. The lowest BCUT2D eigenvalue weighted by atomic mass is 10.1. The fourth-order valence-electron chi connectivity index (χ4n) is 1.43.